The largest absolute Gasteiger partial charge is 0.416 e. The Balaban J connectivity index is 0.00000200. The van der Waals surface area contributed by atoms with Crippen molar-refractivity contribution in [3.8, 4) is 0 Å². The summed E-state index contributed by atoms with van der Waals surface area (Å²) in [5, 5.41) is 0. The first-order valence-electron chi connectivity index (χ1n) is 6.17. The maximum absolute atomic E-state index is 13.2. The average molecular weight is 313 g/mol. The molecular formula is C13H17ClF4N2. The van der Waals surface area contributed by atoms with E-state index in [2.05, 4.69) is 0 Å². The fourth-order valence-electron chi connectivity index (χ4n) is 2.41. The van der Waals surface area contributed by atoms with Gasteiger partial charge in [-0.1, -0.05) is 0 Å². The Kier molecular flexibility index (Phi) is 5.79. The van der Waals surface area contributed by atoms with Gasteiger partial charge in [-0.2, -0.15) is 13.2 Å². The molecule has 1 aromatic rings. The van der Waals surface area contributed by atoms with E-state index in [0.29, 0.717) is 30.6 Å². The maximum Gasteiger partial charge on any atom is 0.416 e. The molecule has 1 saturated heterocycles. The Morgan fingerprint density at radius 1 is 1.25 bits per heavy atom. The molecule has 20 heavy (non-hydrogen) atoms. The van der Waals surface area contributed by atoms with Crippen LogP contribution in [-0.4, -0.2) is 24.5 Å². The summed E-state index contributed by atoms with van der Waals surface area (Å²) in [4.78, 5) is 2.01. The minimum Gasteiger partial charge on any atom is -0.330 e. The summed E-state index contributed by atoms with van der Waals surface area (Å²) in [6, 6.07) is 2.69. The van der Waals surface area contributed by atoms with Gasteiger partial charge in [0.25, 0.3) is 0 Å². The summed E-state index contributed by atoms with van der Waals surface area (Å²) in [5.74, 6) is -0.463. The van der Waals surface area contributed by atoms with Gasteiger partial charge in [-0.05, 0) is 49.2 Å². The molecule has 0 amide bonds. The van der Waals surface area contributed by atoms with E-state index in [0.717, 1.165) is 31.6 Å². The summed E-state index contributed by atoms with van der Waals surface area (Å²) < 4.78 is 51.0. The van der Waals surface area contributed by atoms with Crippen molar-refractivity contribution in [2.75, 3.05) is 19.6 Å². The molecule has 7 heteroatoms. The van der Waals surface area contributed by atoms with Crippen LogP contribution in [0.1, 0.15) is 17.5 Å². The van der Waals surface area contributed by atoms with E-state index in [9.17, 15) is 17.6 Å². The van der Waals surface area contributed by atoms with Crippen molar-refractivity contribution < 1.29 is 17.6 Å². The Hall–Kier alpha value is -0.850. The van der Waals surface area contributed by atoms with Crippen LogP contribution in [0.2, 0.25) is 0 Å². The topological polar surface area (TPSA) is 29.3 Å². The highest BCUT2D eigenvalue weighted by molar-refractivity contribution is 5.85. The zero-order valence-corrected chi connectivity index (χ0v) is 11.6. The number of likely N-dealkylation sites (tertiary alicyclic amines) is 1. The van der Waals surface area contributed by atoms with Crippen molar-refractivity contribution >= 4 is 12.4 Å². The molecule has 1 aliphatic rings. The molecule has 1 fully saturated rings. The fourth-order valence-corrected chi connectivity index (χ4v) is 2.41. The Labute approximate surface area is 121 Å². The highest BCUT2D eigenvalue weighted by Crippen LogP contribution is 2.31. The second-order valence-corrected chi connectivity index (χ2v) is 4.97. The van der Waals surface area contributed by atoms with Crippen LogP contribution in [0.4, 0.5) is 17.6 Å². The minimum atomic E-state index is -4.51. The number of nitrogens with zero attached hydrogens (tertiary/aromatic N) is 1. The molecule has 2 N–H and O–H groups in total. The van der Waals surface area contributed by atoms with Crippen LogP contribution in [0, 0.1) is 11.7 Å². The number of nitrogens with two attached hydrogens (primary N) is 1. The van der Waals surface area contributed by atoms with Crippen LogP contribution >= 0.6 is 12.4 Å². The van der Waals surface area contributed by atoms with Gasteiger partial charge in [0, 0.05) is 13.1 Å². The third kappa shape index (κ3) is 4.33. The minimum absolute atomic E-state index is 0. The molecule has 0 radical (unpaired) electrons. The number of hydrogen-bond donors (Lipinski definition) is 1. The van der Waals surface area contributed by atoms with Crippen molar-refractivity contribution in [3.05, 3.63) is 35.1 Å². The van der Waals surface area contributed by atoms with Crippen LogP contribution in [0.15, 0.2) is 18.2 Å². The molecule has 1 aromatic carbocycles. The number of hydrogen-bond acceptors (Lipinski definition) is 2. The van der Waals surface area contributed by atoms with Crippen LogP contribution in [0.25, 0.3) is 0 Å². The predicted octanol–water partition coefficient (Wildman–Crippen LogP) is 3.05. The normalized spacial score (nSPS) is 19.9. The molecule has 1 unspecified atom stereocenters. The van der Waals surface area contributed by atoms with E-state index in [1.807, 2.05) is 4.90 Å². The standard InChI is InChI=1S/C13H16F4N2.ClH/c14-12-4-10(3-11(5-12)13(15,16)17)8-19-2-1-9(6-18)7-19;/h3-5,9H,1-2,6-8,18H2;1H. The zero-order chi connectivity index (χ0) is 14.0. The lowest BCUT2D eigenvalue weighted by Gasteiger charge is -2.17. The van der Waals surface area contributed by atoms with Crippen molar-refractivity contribution in [2.45, 2.75) is 19.1 Å². The van der Waals surface area contributed by atoms with Gasteiger partial charge in [0.15, 0.2) is 0 Å². The van der Waals surface area contributed by atoms with E-state index < -0.39 is 17.6 Å². The van der Waals surface area contributed by atoms with Gasteiger partial charge in [-0.15, -0.1) is 12.4 Å². The lowest BCUT2D eigenvalue weighted by Crippen LogP contribution is -2.23. The van der Waals surface area contributed by atoms with Gasteiger partial charge >= 0.3 is 6.18 Å². The molecule has 1 heterocycles. The number of halogens is 5. The average Bonchev–Trinajstić information content (AvgIpc) is 2.75. The Morgan fingerprint density at radius 3 is 2.50 bits per heavy atom. The van der Waals surface area contributed by atoms with E-state index in [-0.39, 0.29) is 12.4 Å². The lowest BCUT2D eigenvalue weighted by atomic mass is 10.1. The molecule has 0 spiro atoms. The third-order valence-electron chi connectivity index (χ3n) is 3.39. The SMILES string of the molecule is Cl.NCC1CCN(Cc2cc(F)cc(C(F)(F)F)c2)C1. The van der Waals surface area contributed by atoms with Gasteiger partial charge in [0.1, 0.15) is 5.82 Å². The molecule has 0 bridgehead atoms. The monoisotopic (exact) mass is 312 g/mol. The molecule has 0 saturated carbocycles. The number of rotatable bonds is 3. The van der Waals surface area contributed by atoms with E-state index in [4.69, 9.17) is 5.73 Å². The first kappa shape index (κ1) is 17.2. The van der Waals surface area contributed by atoms with Crippen molar-refractivity contribution in [3.63, 3.8) is 0 Å². The molecule has 1 aliphatic heterocycles. The predicted molar refractivity (Wildman–Crippen MR) is 71.1 cm³/mol. The van der Waals surface area contributed by atoms with Gasteiger partial charge < -0.3 is 5.73 Å². The summed E-state index contributed by atoms with van der Waals surface area (Å²) in [5.41, 5.74) is 4.98. The Morgan fingerprint density at radius 2 is 1.95 bits per heavy atom. The van der Waals surface area contributed by atoms with Crippen LogP contribution in [-0.2, 0) is 12.7 Å². The fraction of sp³-hybridized carbons (Fsp3) is 0.538. The summed E-state index contributed by atoms with van der Waals surface area (Å²) in [6.07, 6.45) is -3.57. The molecule has 1 atom stereocenters. The highest BCUT2D eigenvalue weighted by atomic mass is 35.5. The zero-order valence-electron chi connectivity index (χ0n) is 10.8. The van der Waals surface area contributed by atoms with Crippen molar-refractivity contribution in [1.29, 1.82) is 0 Å². The summed E-state index contributed by atoms with van der Waals surface area (Å²) >= 11 is 0. The van der Waals surface area contributed by atoms with E-state index in [1.165, 1.54) is 0 Å². The summed E-state index contributed by atoms with van der Waals surface area (Å²) in [7, 11) is 0. The first-order valence-corrected chi connectivity index (χ1v) is 6.17. The smallest absolute Gasteiger partial charge is 0.330 e. The van der Waals surface area contributed by atoms with Gasteiger partial charge in [0.2, 0.25) is 0 Å². The van der Waals surface area contributed by atoms with E-state index >= 15 is 0 Å². The van der Waals surface area contributed by atoms with Crippen molar-refractivity contribution in [2.24, 2.45) is 11.7 Å². The van der Waals surface area contributed by atoms with Crippen molar-refractivity contribution in [1.82, 2.24) is 4.90 Å². The maximum atomic E-state index is 13.2. The number of benzene rings is 1. The molecular weight excluding hydrogens is 296 g/mol. The lowest BCUT2D eigenvalue weighted by molar-refractivity contribution is -0.137. The van der Waals surface area contributed by atoms with Crippen LogP contribution < -0.4 is 5.73 Å². The van der Waals surface area contributed by atoms with Gasteiger partial charge in [-0.3, -0.25) is 4.90 Å². The summed E-state index contributed by atoms with van der Waals surface area (Å²) in [6.45, 7) is 2.46. The third-order valence-corrected chi connectivity index (χ3v) is 3.39. The second-order valence-electron chi connectivity index (χ2n) is 4.97. The molecule has 0 aromatic heterocycles. The molecule has 2 nitrogen and oxygen atoms in total. The quantitative estimate of drug-likeness (QED) is 0.869. The highest BCUT2D eigenvalue weighted by Gasteiger charge is 2.31. The van der Waals surface area contributed by atoms with Gasteiger partial charge in [0.05, 0.1) is 5.56 Å². The van der Waals surface area contributed by atoms with Crippen LogP contribution in [0.3, 0.4) is 0 Å². The second kappa shape index (κ2) is 6.74. The molecule has 2 rings (SSSR count). The number of alkyl halides is 3. The molecule has 0 aliphatic carbocycles. The van der Waals surface area contributed by atoms with Crippen LogP contribution in [0.5, 0.6) is 0 Å². The first-order chi connectivity index (χ1) is 8.88. The Bertz CT molecular complexity index is 450. The van der Waals surface area contributed by atoms with Gasteiger partial charge in [-0.25, -0.2) is 4.39 Å². The van der Waals surface area contributed by atoms with E-state index in [1.54, 1.807) is 0 Å². The molecule has 114 valence electrons.